The van der Waals surface area contributed by atoms with E-state index in [1.807, 2.05) is 0 Å². The number of nitrogens with zero attached hydrogens (tertiary/aromatic N) is 1. The SMILES string of the molecule is O=S1(=O)N=C(Nc2cccc(Cl)c2Cl)Nc2c(O)cc(Cl)cc21. The number of hydrogen-bond donors (Lipinski definition) is 3. The largest absolute Gasteiger partial charge is 0.506 e. The Morgan fingerprint density at radius 3 is 2.65 bits per heavy atom. The minimum absolute atomic E-state index is 0.0231. The van der Waals surface area contributed by atoms with E-state index in [1.54, 1.807) is 18.2 Å². The topological polar surface area (TPSA) is 90.8 Å². The van der Waals surface area contributed by atoms with Crippen molar-refractivity contribution in [1.82, 2.24) is 0 Å². The lowest BCUT2D eigenvalue weighted by atomic mass is 10.3. The first-order valence-electron chi connectivity index (χ1n) is 6.13. The van der Waals surface area contributed by atoms with E-state index in [4.69, 9.17) is 34.8 Å². The molecule has 2 aromatic rings. The highest BCUT2D eigenvalue weighted by molar-refractivity contribution is 7.90. The van der Waals surface area contributed by atoms with Crippen molar-refractivity contribution in [2.75, 3.05) is 10.6 Å². The second-order valence-corrected chi connectivity index (χ2v) is 7.36. The molecule has 10 heteroatoms. The van der Waals surface area contributed by atoms with Crippen LogP contribution in [0.2, 0.25) is 15.1 Å². The molecule has 0 fully saturated rings. The van der Waals surface area contributed by atoms with Gasteiger partial charge in [0, 0.05) is 11.1 Å². The standard InChI is InChI=1S/C13H8Cl3N3O3S/c14-6-4-9(20)12-10(5-6)23(21,22)19-13(18-12)17-8-3-1-2-7(15)11(8)16/h1-5,20H,(H2,17,18,19). The third-order valence-corrected chi connectivity index (χ3v) is 5.32. The normalized spacial score (nSPS) is 15.3. The van der Waals surface area contributed by atoms with Crippen LogP contribution in [0.15, 0.2) is 39.6 Å². The van der Waals surface area contributed by atoms with Crippen LogP contribution in [0.1, 0.15) is 0 Å². The minimum Gasteiger partial charge on any atom is -0.506 e. The van der Waals surface area contributed by atoms with Crippen LogP contribution in [0.5, 0.6) is 5.75 Å². The molecule has 0 amide bonds. The maximum absolute atomic E-state index is 12.2. The van der Waals surface area contributed by atoms with E-state index < -0.39 is 10.0 Å². The summed E-state index contributed by atoms with van der Waals surface area (Å²) in [5.74, 6) is -0.443. The quantitative estimate of drug-likeness (QED) is 0.640. The molecule has 0 aromatic heterocycles. The van der Waals surface area contributed by atoms with Crippen LogP contribution in [0.4, 0.5) is 11.4 Å². The molecule has 23 heavy (non-hydrogen) atoms. The molecule has 120 valence electrons. The molecule has 0 saturated carbocycles. The van der Waals surface area contributed by atoms with Crippen LogP contribution in [0.3, 0.4) is 0 Å². The predicted molar refractivity (Wildman–Crippen MR) is 91.4 cm³/mol. The van der Waals surface area contributed by atoms with Crippen molar-refractivity contribution in [1.29, 1.82) is 0 Å². The van der Waals surface area contributed by atoms with Crippen LogP contribution in [-0.4, -0.2) is 19.5 Å². The number of phenolic OH excluding ortho intramolecular Hbond substituents is 1. The second kappa shape index (κ2) is 5.76. The fraction of sp³-hybridized carbons (Fsp3) is 0. The lowest BCUT2D eigenvalue weighted by molar-refractivity contribution is 0.476. The highest BCUT2D eigenvalue weighted by atomic mass is 35.5. The molecule has 0 aliphatic carbocycles. The number of guanidine groups is 1. The van der Waals surface area contributed by atoms with Gasteiger partial charge in [-0.05, 0) is 18.2 Å². The van der Waals surface area contributed by atoms with Gasteiger partial charge >= 0.3 is 0 Å². The van der Waals surface area contributed by atoms with Gasteiger partial charge in [0.2, 0.25) is 5.96 Å². The van der Waals surface area contributed by atoms with E-state index in [1.165, 1.54) is 12.1 Å². The molecule has 3 N–H and O–H groups in total. The Labute approximate surface area is 146 Å². The first-order valence-corrected chi connectivity index (χ1v) is 8.71. The zero-order valence-electron chi connectivity index (χ0n) is 11.1. The molecule has 2 aromatic carbocycles. The summed E-state index contributed by atoms with van der Waals surface area (Å²) in [6.07, 6.45) is 0. The molecule has 1 aliphatic rings. The van der Waals surface area contributed by atoms with Crippen molar-refractivity contribution in [3.05, 3.63) is 45.4 Å². The van der Waals surface area contributed by atoms with E-state index >= 15 is 0 Å². The zero-order chi connectivity index (χ0) is 16.8. The maximum atomic E-state index is 12.2. The van der Waals surface area contributed by atoms with Gasteiger partial charge in [-0.3, -0.25) is 0 Å². The Kier molecular flexibility index (Phi) is 4.05. The van der Waals surface area contributed by atoms with Crippen LogP contribution < -0.4 is 10.6 Å². The van der Waals surface area contributed by atoms with Gasteiger partial charge in [-0.15, -0.1) is 4.40 Å². The molecule has 0 bridgehead atoms. The lowest BCUT2D eigenvalue weighted by Gasteiger charge is -2.20. The number of hydrogen-bond acceptors (Lipinski definition) is 5. The first kappa shape index (κ1) is 16.2. The average Bonchev–Trinajstić information content (AvgIpc) is 2.45. The van der Waals surface area contributed by atoms with E-state index in [2.05, 4.69) is 15.0 Å². The van der Waals surface area contributed by atoms with Crippen molar-refractivity contribution in [2.45, 2.75) is 4.90 Å². The summed E-state index contributed by atoms with van der Waals surface area (Å²) < 4.78 is 28.1. The van der Waals surface area contributed by atoms with Gasteiger partial charge in [-0.25, -0.2) is 0 Å². The van der Waals surface area contributed by atoms with Gasteiger partial charge in [0.15, 0.2) is 0 Å². The number of halogens is 3. The highest BCUT2D eigenvalue weighted by Crippen LogP contribution is 2.38. The summed E-state index contributed by atoms with van der Waals surface area (Å²) in [6.45, 7) is 0. The third-order valence-electron chi connectivity index (χ3n) is 2.98. The first-order chi connectivity index (χ1) is 10.8. The third kappa shape index (κ3) is 3.05. The van der Waals surface area contributed by atoms with Gasteiger partial charge in [0.05, 0.1) is 15.7 Å². The zero-order valence-corrected chi connectivity index (χ0v) is 14.2. The Balaban J connectivity index is 2.04. The molecule has 3 rings (SSSR count). The number of sulfonamides is 1. The van der Waals surface area contributed by atoms with Crippen LogP contribution in [0.25, 0.3) is 0 Å². The van der Waals surface area contributed by atoms with Crippen molar-refractivity contribution < 1.29 is 13.5 Å². The van der Waals surface area contributed by atoms with Crippen LogP contribution in [-0.2, 0) is 10.0 Å². The van der Waals surface area contributed by atoms with E-state index in [9.17, 15) is 13.5 Å². The fourth-order valence-electron chi connectivity index (χ4n) is 1.99. The Morgan fingerprint density at radius 1 is 1.17 bits per heavy atom. The van der Waals surface area contributed by atoms with Crippen molar-refractivity contribution in [3.63, 3.8) is 0 Å². The summed E-state index contributed by atoms with van der Waals surface area (Å²) in [5.41, 5.74) is 0.336. The van der Waals surface area contributed by atoms with Crippen LogP contribution in [0, 0.1) is 0 Å². The summed E-state index contributed by atoms with van der Waals surface area (Å²) in [5, 5.41) is 15.9. The molecule has 0 atom stereocenters. The fourth-order valence-corrected chi connectivity index (χ4v) is 3.73. The lowest BCUT2D eigenvalue weighted by Crippen LogP contribution is -2.28. The molecule has 0 saturated heterocycles. The smallest absolute Gasteiger partial charge is 0.287 e. The van der Waals surface area contributed by atoms with Gasteiger partial charge in [-0.1, -0.05) is 40.9 Å². The molecular weight excluding hydrogens is 385 g/mol. The van der Waals surface area contributed by atoms with Gasteiger partial charge in [-0.2, -0.15) is 8.42 Å². The van der Waals surface area contributed by atoms with Crippen molar-refractivity contribution in [2.24, 2.45) is 4.40 Å². The Hall–Kier alpha value is -1.67. The van der Waals surface area contributed by atoms with E-state index in [0.29, 0.717) is 10.7 Å². The monoisotopic (exact) mass is 391 g/mol. The number of phenols is 1. The number of fused-ring (bicyclic) bond motifs is 1. The molecule has 0 radical (unpaired) electrons. The molecular formula is C13H8Cl3N3O3S. The van der Waals surface area contributed by atoms with E-state index in [0.717, 1.165) is 0 Å². The summed E-state index contributed by atoms with van der Waals surface area (Å²) >= 11 is 17.7. The van der Waals surface area contributed by atoms with Gasteiger partial charge < -0.3 is 15.7 Å². The maximum Gasteiger partial charge on any atom is 0.287 e. The predicted octanol–water partition coefficient (Wildman–Crippen LogP) is 3.93. The molecule has 1 heterocycles. The second-order valence-electron chi connectivity index (χ2n) is 4.56. The molecule has 0 unspecified atom stereocenters. The number of nitrogens with one attached hydrogen (secondary N) is 2. The highest BCUT2D eigenvalue weighted by Gasteiger charge is 2.28. The Bertz CT molecular complexity index is 945. The average molecular weight is 393 g/mol. The molecule has 1 aliphatic heterocycles. The van der Waals surface area contributed by atoms with E-state index in [-0.39, 0.29) is 32.3 Å². The van der Waals surface area contributed by atoms with Gasteiger partial charge in [0.25, 0.3) is 10.0 Å². The number of aromatic hydroxyl groups is 1. The number of anilines is 2. The Morgan fingerprint density at radius 2 is 1.91 bits per heavy atom. The minimum atomic E-state index is -4.04. The van der Waals surface area contributed by atoms with Crippen molar-refractivity contribution >= 4 is 62.2 Å². The summed E-state index contributed by atoms with van der Waals surface area (Å²) in [4.78, 5) is -0.217. The molecule has 0 spiro atoms. The van der Waals surface area contributed by atoms with Gasteiger partial charge in [0.1, 0.15) is 16.3 Å². The number of rotatable bonds is 1. The summed E-state index contributed by atoms with van der Waals surface area (Å²) in [6, 6.07) is 7.25. The molecule has 6 nitrogen and oxygen atoms in total. The summed E-state index contributed by atoms with van der Waals surface area (Å²) in [7, 11) is -4.04. The number of benzene rings is 2. The van der Waals surface area contributed by atoms with Crippen LogP contribution >= 0.6 is 34.8 Å². The van der Waals surface area contributed by atoms with Crippen molar-refractivity contribution in [3.8, 4) is 5.75 Å².